The van der Waals surface area contributed by atoms with Crippen molar-refractivity contribution in [2.24, 2.45) is 0 Å². The van der Waals surface area contributed by atoms with Gasteiger partial charge in [0.25, 0.3) is 11.5 Å². The third-order valence-corrected chi connectivity index (χ3v) is 6.08. The van der Waals surface area contributed by atoms with Crippen LogP contribution in [0.2, 0.25) is 10.0 Å². The van der Waals surface area contributed by atoms with E-state index >= 15 is 0 Å². The number of rotatable bonds is 6. The van der Waals surface area contributed by atoms with E-state index in [0.29, 0.717) is 38.2 Å². The highest BCUT2D eigenvalue weighted by Crippen LogP contribution is 2.30. The summed E-state index contributed by atoms with van der Waals surface area (Å²) >= 11 is 12.5. The molecule has 0 saturated carbocycles. The van der Waals surface area contributed by atoms with E-state index < -0.39 is 5.56 Å². The largest absolute Gasteiger partial charge is 0.412 e. The minimum absolute atomic E-state index is 0.255. The van der Waals surface area contributed by atoms with Gasteiger partial charge in [-0.25, -0.2) is 4.98 Å². The molecule has 5 rings (SSSR count). The molecule has 0 atom stereocenters. The summed E-state index contributed by atoms with van der Waals surface area (Å²) < 4.78 is 1.08. The van der Waals surface area contributed by atoms with Gasteiger partial charge in [-0.1, -0.05) is 47.5 Å². The molecule has 0 bridgehead atoms. The summed E-state index contributed by atoms with van der Waals surface area (Å²) in [5, 5.41) is 7.24. The number of pyridine rings is 1. The summed E-state index contributed by atoms with van der Waals surface area (Å²) in [7, 11) is 1.38. The first-order valence-electron chi connectivity index (χ1n) is 11.1. The number of para-hydroxylation sites is 1. The molecule has 37 heavy (non-hydrogen) atoms. The van der Waals surface area contributed by atoms with Crippen molar-refractivity contribution in [2.75, 3.05) is 17.7 Å². The lowest BCUT2D eigenvalue weighted by molar-refractivity contribution is 0.102. The lowest BCUT2D eigenvalue weighted by Gasteiger charge is -2.13. The van der Waals surface area contributed by atoms with Crippen LogP contribution in [0.3, 0.4) is 0 Å². The Bertz CT molecular complexity index is 1690. The van der Waals surface area contributed by atoms with E-state index in [1.54, 1.807) is 54.7 Å². The molecule has 184 valence electrons. The maximum absolute atomic E-state index is 13.4. The zero-order valence-corrected chi connectivity index (χ0v) is 20.9. The van der Waals surface area contributed by atoms with Gasteiger partial charge in [-0.3, -0.25) is 9.59 Å². The summed E-state index contributed by atoms with van der Waals surface area (Å²) in [6.07, 6.45) is 1.59. The van der Waals surface area contributed by atoms with Gasteiger partial charge in [0.15, 0.2) is 5.65 Å². The van der Waals surface area contributed by atoms with Gasteiger partial charge in [0.1, 0.15) is 7.11 Å². The molecule has 8 nitrogen and oxygen atoms in total. The molecule has 3 aromatic carbocycles. The van der Waals surface area contributed by atoms with Gasteiger partial charge in [-0.05, 0) is 54.6 Å². The predicted octanol–water partition coefficient (Wildman–Crippen LogP) is 5.82. The Hall–Kier alpha value is -4.40. The van der Waals surface area contributed by atoms with E-state index in [0.717, 1.165) is 10.4 Å². The number of benzene rings is 3. The fourth-order valence-electron chi connectivity index (χ4n) is 3.79. The maximum Gasteiger partial charge on any atom is 0.293 e. The number of nitrogens with zero attached hydrogens (tertiary/aromatic N) is 3. The van der Waals surface area contributed by atoms with Crippen molar-refractivity contribution >= 4 is 57.5 Å². The number of carbonyl (C=O) groups is 1. The number of nitrogens with one attached hydrogen (secondary N) is 2. The van der Waals surface area contributed by atoms with E-state index in [9.17, 15) is 9.59 Å². The topological polar surface area (TPSA) is 98.1 Å². The van der Waals surface area contributed by atoms with Gasteiger partial charge in [0, 0.05) is 44.1 Å². The molecule has 0 aliphatic rings. The standard InChI is InChI=1S/C27H19Cl2N5O3/c1-37-34-24-17(15-30-27(33-24)32-19-8-3-2-4-9-19)13-22(26(34)36)21-14-20(10-11-23(21)29)31-25(35)16-6-5-7-18(28)12-16/h2-15H,1H3,(H,31,35)(H,30,32,33). The van der Waals surface area contributed by atoms with Crippen molar-refractivity contribution in [1.29, 1.82) is 0 Å². The zero-order chi connectivity index (χ0) is 25.9. The van der Waals surface area contributed by atoms with Crippen LogP contribution >= 0.6 is 23.2 Å². The highest BCUT2D eigenvalue weighted by molar-refractivity contribution is 6.33. The minimum atomic E-state index is -0.473. The second-order valence-electron chi connectivity index (χ2n) is 7.96. The van der Waals surface area contributed by atoms with Gasteiger partial charge in [0.2, 0.25) is 5.95 Å². The Kier molecular flexibility index (Phi) is 6.76. The Morgan fingerprint density at radius 2 is 1.73 bits per heavy atom. The Morgan fingerprint density at radius 1 is 0.919 bits per heavy atom. The molecule has 2 aromatic heterocycles. The number of fused-ring (bicyclic) bond motifs is 1. The van der Waals surface area contributed by atoms with Crippen LogP contribution in [-0.2, 0) is 0 Å². The van der Waals surface area contributed by atoms with Crippen molar-refractivity contribution in [2.45, 2.75) is 0 Å². The first kappa shape index (κ1) is 24.3. The third kappa shape index (κ3) is 5.11. The van der Waals surface area contributed by atoms with Crippen LogP contribution < -0.4 is 21.0 Å². The fourth-order valence-corrected chi connectivity index (χ4v) is 4.19. The van der Waals surface area contributed by atoms with Crippen molar-refractivity contribution in [3.8, 4) is 11.1 Å². The number of aromatic nitrogens is 3. The molecule has 1 amide bonds. The van der Waals surface area contributed by atoms with Gasteiger partial charge < -0.3 is 15.5 Å². The molecule has 2 heterocycles. The van der Waals surface area contributed by atoms with E-state index in [2.05, 4.69) is 20.6 Å². The van der Waals surface area contributed by atoms with Crippen LogP contribution in [0.4, 0.5) is 17.3 Å². The number of hydrogen-bond acceptors (Lipinski definition) is 6. The number of amides is 1. The second-order valence-corrected chi connectivity index (χ2v) is 8.81. The Balaban J connectivity index is 1.53. The van der Waals surface area contributed by atoms with Crippen LogP contribution in [0.25, 0.3) is 22.2 Å². The lowest BCUT2D eigenvalue weighted by atomic mass is 10.1. The summed E-state index contributed by atoms with van der Waals surface area (Å²) in [6.45, 7) is 0. The van der Waals surface area contributed by atoms with E-state index in [1.165, 1.54) is 7.11 Å². The van der Waals surface area contributed by atoms with Gasteiger partial charge in [-0.15, -0.1) is 4.73 Å². The first-order valence-corrected chi connectivity index (χ1v) is 11.8. The highest BCUT2D eigenvalue weighted by atomic mass is 35.5. The lowest BCUT2D eigenvalue weighted by Crippen LogP contribution is -2.27. The Labute approximate surface area is 221 Å². The quantitative estimate of drug-likeness (QED) is 0.286. The SMILES string of the molecule is COn1c(=O)c(-c2cc(NC(=O)c3cccc(Cl)c3)ccc2Cl)cc2cnc(Nc3ccccc3)nc21. The molecule has 0 unspecified atom stereocenters. The highest BCUT2D eigenvalue weighted by Gasteiger charge is 2.17. The van der Waals surface area contributed by atoms with Crippen molar-refractivity contribution in [3.05, 3.63) is 111 Å². The van der Waals surface area contributed by atoms with Crippen LogP contribution in [0.5, 0.6) is 0 Å². The predicted molar refractivity (Wildman–Crippen MR) is 146 cm³/mol. The minimum Gasteiger partial charge on any atom is -0.412 e. The Morgan fingerprint density at radius 3 is 2.49 bits per heavy atom. The number of carbonyl (C=O) groups excluding carboxylic acids is 1. The van der Waals surface area contributed by atoms with Crippen LogP contribution in [0, 0.1) is 0 Å². The van der Waals surface area contributed by atoms with E-state index in [4.69, 9.17) is 28.0 Å². The molecule has 0 spiro atoms. The summed E-state index contributed by atoms with van der Waals surface area (Å²) in [6, 6.07) is 22.5. The molecule has 0 aliphatic carbocycles. The van der Waals surface area contributed by atoms with E-state index in [1.807, 2.05) is 30.3 Å². The summed E-state index contributed by atoms with van der Waals surface area (Å²) in [5.41, 5.74) is 2.12. The zero-order valence-electron chi connectivity index (χ0n) is 19.4. The molecule has 2 N–H and O–H groups in total. The van der Waals surface area contributed by atoms with Gasteiger partial charge in [0.05, 0.1) is 5.56 Å². The van der Waals surface area contributed by atoms with Crippen molar-refractivity contribution < 1.29 is 9.63 Å². The molecule has 0 aliphatic heterocycles. The molecule has 0 fully saturated rings. The van der Waals surface area contributed by atoms with E-state index in [-0.39, 0.29) is 17.1 Å². The normalized spacial score (nSPS) is 10.8. The molecular weight excluding hydrogens is 513 g/mol. The van der Waals surface area contributed by atoms with Crippen LogP contribution in [0.15, 0.2) is 89.9 Å². The second kappa shape index (κ2) is 10.3. The van der Waals surface area contributed by atoms with Crippen molar-refractivity contribution in [3.63, 3.8) is 0 Å². The monoisotopic (exact) mass is 531 g/mol. The van der Waals surface area contributed by atoms with Gasteiger partial charge in [-0.2, -0.15) is 4.98 Å². The smallest absolute Gasteiger partial charge is 0.293 e. The number of halogens is 2. The summed E-state index contributed by atoms with van der Waals surface area (Å²) in [4.78, 5) is 40.3. The number of anilines is 3. The molecule has 10 heteroatoms. The molecule has 0 radical (unpaired) electrons. The molecule has 0 saturated heterocycles. The number of hydrogen-bond donors (Lipinski definition) is 2. The maximum atomic E-state index is 13.4. The molecule has 5 aromatic rings. The fraction of sp³-hybridized carbons (Fsp3) is 0.0370. The average molecular weight is 532 g/mol. The van der Waals surface area contributed by atoms with Gasteiger partial charge >= 0.3 is 0 Å². The molecular formula is C27H19Cl2N5O3. The average Bonchev–Trinajstić information content (AvgIpc) is 2.90. The first-order chi connectivity index (χ1) is 17.9. The van der Waals surface area contributed by atoms with Crippen LogP contribution in [0.1, 0.15) is 10.4 Å². The summed E-state index contributed by atoms with van der Waals surface area (Å²) in [5.74, 6) is -0.0455. The van der Waals surface area contributed by atoms with Crippen LogP contribution in [-0.4, -0.2) is 27.7 Å². The third-order valence-electron chi connectivity index (χ3n) is 5.52. The van der Waals surface area contributed by atoms with Crippen molar-refractivity contribution in [1.82, 2.24) is 14.7 Å².